The number of hydrogen-bond donors (Lipinski definition) is 1. The average Bonchev–Trinajstić information content (AvgIpc) is 2.79. The third-order valence-electron chi connectivity index (χ3n) is 2.96. The number of rotatable bonds is 4. The van der Waals surface area contributed by atoms with Crippen LogP contribution in [0.25, 0.3) is 10.6 Å². The summed E-state index contributed by atoms with van der Waals surface area (Å²) in [4.78, 5) is 6.08. The smallest absolute Gasteiger partial charge is 0.123 e. The number of aryl methyl sites for hydroxylation is 1. The molecule has 0 saturated carbocycles. The number of nitrogens with zero attached hydrogens (tertiary/aromatic N) is 1. The second-order valence-electron chi connectivity index (χ2n) is 5.86. The number of nitrogens with one attached hydrogen (secondary N) is 1. The average molecular weight is 309 g/mol. The Morgan fingerprint density at radius 2 is 2.05 bits per heavy atom. The van der Waals surface area contributed by atoms with E-state index in [0.717, 1.165) is 28.6 Å². The van der Waals surface area contributed by atoms with Crippen molar-refractivity contribution in [3.8, 4) is 10.6 Å². The molecule has 0 fully saturated rings. The van der Waals surface area contributed by atoms with E-state index < -0.39 is 0 Å². The van der Waals surface area contributed by atoms with Crippen molar-refractivity contribution in [1.82, 2.24) is 10.3 Å². The van der Waals surface area contributed by atoms with Crippen LogP contribution in [0.4, 0.5) is 0 Å². The fourth-order valence-electron chi connectivity index (χ4n) is 1.89. The van der Waals surface area contributed by atoms with Gasteiger partial charge in [0.15, 0.2) is 0 Å². The highest BCUT2D eigenvalue weighted by atomic mass is 35.5. The Morgan fingerprint density at radius 3 is 2.65 bits per heavy atom. The van der Waals surface area contributed by atoms with Crippen LogP contribution in [0.1, 0.15) is 38.3 Å². The van der Waals surface area contributed by atoms with Gasteiger partial charge in [-0.25, -0.2) is 4.98 Å². The molecule has 0 atom stereocenters. The fraction of sp³-hybridized carbons (Fsp3) is 0.438. The van der Waals surface area contributed by atoms with E-state index in [0.29, 0.717) is 0 Å². The van der Waals surface area contributed by atoms with E-state index in [4.69, 9.17) is 16.6 Å². The highest BCUT2D eigenvalue weighted by Crippen LogP contribution is 2.30. The number of halogens is 1. The summed E-state index contributed by atoms with van der Waals surface area (Å²) in [5.74, 6) is 0. The lowest BCUT2D eigenvalue weighted by Gasteiger charge is -2.20. The molecule has 1 aromatic heterocycles. The first-order valence-corrected chi connectivity index (χ1v) is 8.08. The number of thiazole rings is 1. The lowest BCUT2D eigenvalue weighted by atomic mass is 10.1. The second kappa shape index (κ2) is 6.25. The van der Waals surface area contributed by atoms with Gasteiger partial charge in [-0.1, -0.05) is 30.7 Å². The van der Waals surface area contributed by atoms with Crippen molar-refractivity contribution in [3.63, 3.8) is 0 Å². The molecule has 1 aromatic carbocycles. The number of benzene rings is 1. The Labute approximate surface area is 130 Å². The molecule has 0 radical (unpaired) electrons. The first kappa shape index (κ1) is 15.5. The lowest BCUT2D eigenvalue weighted by Crippen LogP contribution is -2.35. The third kappa shape index (κ3) is 4.05. The van der Waals surface area contributed by atoms with Crippen LogP contribution < -0.4 is 5.32 Å². The molecule has 2 nitrogen and oxygen atoms in total. The molecule has 2 aromatic rings. The summed E-state index contributed by atoms with van der Waals surface area (Å²) in [6.45, 7) is 9.55. The highest BCUT2D eigenvalue weighted by molar-refractivity contribution is 7.15. The monoisotopic (exact) mass is 308 g/mol. The summed E-state index contributed by atoms with van der Waals surface area (Å²) in [5, 5.41) is 5.34. The quantitative estimate of drug-likeness (QED) is 0.867. The van der Waals surface area contributed by atoms with Gasteiger partial charge in [0, 0.05) is 27.5 Å². The molecular formula is C16H21ClN2S. The largest absolute Gasteiger partial charge is 0.307 e. The van der Waals surface area contributed by atoms with Gasteiger partial charge in [0.1, 0.15) is 5.01 Å². The van der Waals surface area contributed by atoms with Crippen molar-refractivity contribution in [2.24, 2.45) is 0 Å². The Hall–Kier alpha value is -0.900. The Morgan fingerprint density at radius 1 is 1.30 bits per heavy atom. The van der Waals surface area contributed by atoms with Crippen molar-refractivity contribution in [3.05, 3.63) is 39.9 Å². The third-order valence-corrected chi connectivity index (χ3v) is 4.35. The Bertz CT molecular complexity index is 584. The van der Waals surface area contributed by atoms with Crippen LogP contribution >= 0.6 is 22.9 Å². The SMILES string of the molecule is CCc1nc(-c2cccc(Cl)c2)sc1CNC(C)(C)C. The summed E-state index contributed by atoms with van der Waals surface area (Å²) < 4.78 is 0. The van der Waals surface area contributed by atoms with Gasteiger partial charge < -0.3 is 5.32 Å². The van der Waals surface area contributed by atoms with Crippen LogP contribution in [-0.4, -0.2) is 10.5 Å². The molecular weight excluding hydrogens is 288 g/mol. The molecule has 20 heavy (non-hydrogen) atoms. The van der Waals surface area contributed by atoms with Gasteiger partial charge >= 0.3 is 0 Å². The molecule has 108 valence electrons. The minimum absolute atomic E-state index is 0.116. The van der Waals surface area contributed by atoms with Gasteiger partial charge in [-0.3, -0.25) is 0 Å². The van der Waals surface area contributed by atoms with E-state index in [1.54, 1.807) is 11.3 Å². The van der Waals surface area contributed by atoms with Crippen LogP contribution in [-0.2, 0) is 13.0 Å². The fourth-order valence-corrected chi connectivity index (χ4v) is 3.16. The number of aromatic nitrogens is 1. The highest BCUT2D eigenvalue weighted by Gasteiger charge is 2.14. The van der Waals surface area contributed by atoms with Crippen LogP contribution in [0.5, 0.6) is 0 Å². The molecule has 0 spiro atoms. The molecule has 0 unspecified atom stereocenters. The maximum absolute atomic E-state index is 6.06. The van der Waals surface area contributed by atoms with Gasteiger partial charge in [-0.2, -0.15) is 0 Å². The van der Waals surface area contributed by atoms with E-state index in [1.807, 2.05) is 18.2 Å². The molecule has 0 aliphatic heterocycles. The summed E-state index contributed by atoms with van der Waals surface area (Å²) in [5.41, 5.74) is 2.39. The van der Waals surface area contributed by atoms with E-state index in [1.165, 1.54) is 10.6 Å². The lowest BCUT2D eigenvalue weighted by molar-refractivity contribution is 0.425. The summed E-state index contributed by atoms with van der Waals surface area (Å²) in [6, 6.07) is 7.89. The molecule has 1 N–H and O–H groups in total. The molecule has 0 bridgehead atoms. The van der Waals surface area contributed by atoms with E-state index in [2.05, 4.69) is 39.1 Å². The van der Waals surface area contributed by atoms with Crippen molar-refractivity contribution >= 4 is 22.9 Å². The molecule has 0 amide bonds. The molecule has 0 aliphatic carbocycles. The molecule has 1 heterocycles. The summed E-state index contributed by atoms with van der Waals surface area (Å²) in [6.07, 6.45) is 0.957. The zero-order valence-electron chi connectivity index (χ0n) is 12.5. The standard InChI is InChI=1S/C16H21ClN2S/c1-5-13-14(10-18-16(2,3)4)20-15(19-13)11-7-6-8-12(17)9-11/h6-9,18H,5,10H2,1-4H3. The van der Waals surface area contributed by atoms with E-state index in [9.17, 15) is 0 Å². The summed E-state index contributed by atoms with van der Waals surface area (Å²) >= 11 is 7.82. The van der Waals surface area contributed by atoms with Gasteiger partial charge in [-0.05, 0) is 39.3 Å². The minimum atomic E-state index is 0.116. The predicted molar refractivity (Wildman–Crippen MR) is 88.5 cm³/mol. The maximum Gasteiger partial charge on any atom is 0.123 e. The normalized spacial score (nSPS) is 11.8. The molecule has 0 saturated heterocycles. The van der Waals surface area contributed by atoms with Crippen molar-refractivity contribution in [2.45, 2.75) is 46.2 Å². The molecule has 2 rings (SSSR count). The zero-order chi connectivity index (χ0) is 14.8. The van der Waals surface area contributed by atoms with Crippen molar-refractivity contribution in [2.75, 3.05) is 0 Å². The predicted octanol–water partition coefficient (Wildman–Crippen LogP) is 4.91. The maximum atomic E-state index is 6.06. The minimum Gasteiger partial charge on any atom is -0.307 e. The second-order valence-corrected chi connectivity index (χ2v) is 7.38. The zero-order valence-corrected chi connectivity index (χ0v) is 14.0. The van der Waals surface area contributed by atoms with E-state index in [-0.39, 0.29) is 5.54 Å². The first-order chi connectivity index (χ1) is 9.39. The van der Waals surface area contributed by atoms with Crippen molar-refractivity contribution < 1.29 is 0 Å². The van der Waals surface area contributed by atoms with Gasteiger partial charge in [0.05, 0.1) is 5.69 Å². The van der Waals surface area contributed by atoms with Crippen LogP contribution in [0.15, 0.2) is 24.3 Å². The topological polar surface area (TPSA) is 24.9 Å². The Kier molecular flexibility index (Phi) is 4.84. The van der Waals surface area contributed by atoms with Crippen LogP contribution in [0, 0.1) is 0 Å². The molecule has 4 heteroatoms. The summed E-state index contributed by atoms with van der Waals surface area (Å²) in [7, 11) is 0. The Balaban J connectivity index is 2.26. The van der Waals surface area contributed by atoms with Gasteiger partial charge in [0.25, 0.3) is 0 Å². The van der Waals surface area contributed by atoms with Crippen molar-refractivity contribution in [1.29, 1.82) is 0 Å². The van der Waals surface area contributed by atoms with Crippen LogP contribution in [0.3, 0.4) is 0 Å². The van der Waals surface area contributed by atoms with E-state index >= 15 is 0 Å². The van der Waals surface area contributed by atoms with Gasteiger partial charge in [-0.15, -0.1) is 11.3 Å². The first-order valence-electron chi connectivity index (χ1n) is 6.88. The number of hydrogen-bond acceptors (Lipinski definition) is 3. The van der Waals surface area contributed by atoms with Gasteiger partial charge in [0.2, 0.25) is 0 Å². The molecule has 0 aliphatic rings. The van der Waals surface area contributed by atoms with Crippen LogP contribution in [0.2, 0.25) is 5.02 Å².